The first-order valence-corrected chi connectivity index (χ1v) is 11.5. The monoisotopic (exact) mass is 548 g/mol. The summed E-state index contributed by atoms with van der Waals surface area (Å²) in [7, 11) is 6.40. The molecule has 174 valence electrons. The summed E-state index contributed by atoms with van der Waals surface area (Å²) in [6.45, 7) is 1.62. The average Bonchev–Trinajstić information content (AvgIpc) is 3.15. The molecule has 0 aliphatic rings. The van der Waals surface area contributed by atoms with E-state index in [-0.39, 0.29) is 29.9 Å². The Morgan fingerprint density at radius 3 is 2.22 bits per heavy atom. The predicted molar refractivity (Wildman–Crippen MR) is 130 cm³/mol. The first-order valence-electron chi connectivity index (χ1n) is 11.5. The summed E-state index contributed by atoms with van der Waals surface area (Å²) in [6.07, 6.45) is 9.52. The van der Waals surface area contributed by atoms with Gasteiger partial charge in [0.05, 0.1) is 34.2 Å². The van der Waals surface area contributed by atoms with Crippen molar-refractivity contribution < 1.29 is 33.5 Å². The Morgan fingerprint density at radius 2 is 1.50 bits per heavy atom. The molecule has 0 unspecified atom stereocenters. The van der Waals surface area contributed by atoms with Crippen molar-refractivity contribution >= 4 is 22.6 Å². The van der Waals surface area contributed by atoms with Crippen molar-refractivity contribution in [1.29, 1.82) is 0 Å². The van der Waals surface area contributed by atoms with Crippen LogP contribution in [0.3, 0.4) is 0 Å². The molecule has 32 heavy (non-hydrogen) atoms. The zero-order valence-corrected chi connectivity index (χ0v) is 21.9. The number of hydrogen-bond acceptors (Lipinski definition) is 2. The number of esters is 1. The fourth-order valence-electron chi connectivity index (χ4n) is 3.89. The molecule has 0 amide bonds. The van der Waals surface area contributed by atoms with Gasteiger partial charge in [0.1, 0.15) is 5.69 Å². The summed E-state index contributed by atoms with van der Waals surface area (Å²) in [5, 5.41) is 1.32. The lowest BCUT2D eigenvalue weighted by Crippen LogP contribution is -3.00. The molecule has 1 aromatic heterocycles. The highest BCUT2D eigenvalue weighted by atomic mass is 127. The molecule has 3 aromatic rings. The Morgan fingerprint density at radius 1 is 0.844 bits per heavy atom. The largest absolute Gasteiger partial charge is 1.00 e. The van der Waals surface area contributed by atoms with E-state index < -0.39 is 0 Å². The molecule has 3 rings (SSSR count). The third kappa shape index (κ3) is 8.24. The van der Waals surface area contributed by atoms with Crippen LogP contribution in [0.25, 0.3) is 10.9 Å². The van der Waals surface area contributed by atoms with Gasteiger partial charge in [-0.2, -0.15) is 0 Å². The predicted octanol–water partition coefficient (Wildman–Crippen LogP) is 2.97. The van der Waals surface area contributed by atoms with Crippen molar-refractivity contribution in [3.8, 4) is 0 Å². The Labute approximate surface area is 210 Å². The van der Waals surface area contributed by atoms with Crippen molar-refractivity contribution in [1.82, 2.24) is 9.05 Å². The van der Waals surface area contributed by atoms with Crippen LogP contribution in [0.4, 0.5) is 5.69 Å². The Kier molecular flexibility index (Phi) is 10.7. The van der Waals surface area contributed by atoms with Crippen LogP contribution in [0.2, 0.25) is 0 Å². The number of unbranched alkanes of at least 4 members (excludes halogenated alkanes) is 5. The Bertz CT molecular complexity index is 958. The standard InChI is InChI=1S/C27H37N2O2.HI/c1-29(2,3)25-16-14-23(15-17-25)22-27(30)31-21-11-7-5-4-6-10-19-28-20-18-24-12-8-9-13-26(24)28;/h8-9,12-18,20H,4-7,10-11,19,21-22H2,1-3H3;1H/q+1;/p-1. The van der Waals surface area contributed by atoms with E-state index in [1.54, 1.807) is 0 Å². The minimum atomic E-state index is -0.128. The van der Waals surface area contributed by atoms with Crippen LogP contribution >= 0.6 is 0 Å². The number of hydrogen-bond donors (Lipinski definition) is 0. The maximum absolute atomic E-state index is 12.0. The number of aromatic nitrogens is 1. The summed E-state index contributed by atoms with van der Waals surface area (Å²) in [5.41, 5.74) is 3.56. The molecule has 0 saturated heterocycles. The van der Waals surface area contributed by atoms with Gasteiger partial charge in [0.15, 0.2) is 0 Å². The number of rotatable bonds is 12. The topological polar surface area (TPSA) is 31.2 Å². The number of carbonyl (C=O) groups is 1. The summed E-state index contributed by atoms with van der Waals surface area (Å²) < 4.78 is 8.54. The van der Waals surface area contributed by atoms with Crippen molar-refractivity contribution in [2.24, 2.45) is 0 Å². The molecule has 0 spiro atoms. The maximum atomic E-state index is 12.0. The molecule has 0 saturated carbocycles. The molecule has 4 nitrogen and oxygen atoms in total. The van der Waals surface area contributed by atoms with Crippen LogP contribution in [0.5, 0.6) is 0 Å². The second kappa shape index (κ2) is 13.0. The van der Waals surface area contributed by atoms with E-state index in [9.17, 15) is 4.79 Å². The quantitative estimate of drug-likeness (QED) is 0.151. The molecule has 0 radical (unpaired) electrons. The molecule has 0 N–H and O–H groups in total. The molecule has 0 atom stereocenters. The molecule has 1 heterocycles. The van der Waals surface area contributed by atoms with E-state index in [0.717, 1.165) is 29.4 Å². The number of carbonyl (C=O) groups excluding carboxylic acids is 1. The molecule has 0 aliphatic carbocycles. The van der Waals surface area contributed by atoms with Crippen molar-refractivity contribution in [2.45, 2.75) is 51.5 Å². The van der Waals surface area contributed by atoms with E-state index >= 15 is 0 Å². The first kappa shape index (κ1) is 26.4. The van der Waals surface area contributed by atoms with Gasteiger partial charge in [-0.25, -0.2) is 0 Å². The second-order valence-electron chi connectivity index (χ2n) is 9.27. The lowest BCUT2D eigenvalue weighted by Gasteiger charge is -2.23. The van der Waals surface area contributed by atoms with E-state index in [2.05, 4.69) is 74.4 Å². The van der Waals surface area contributed by atoms with Crippen LogP contribution in [0, 0.1) is 0 Å². The second-order valence-corrected chi connectivity index (χ2v) is 9.27. The van der Waals surface area contributed by atoms with E-state index in [4.69, 9.17) is 4.74 Å². The normalized spacial score (nSPS) is 11.3. The number of fused-ring (bicyclic) bond motifs is 1. The molecule has 5 heteroatoms. The number of halogens is 1. The third-order valence-corrected chi connectivity index (χ3v) is 5.80. The molecular formula is C27H37IN2O2. The fourth-order valence-corrected chi connectivity index (χ4v) is 3.89. The van der Waals surface area contributed by atoms with Gasteiger partial charge in [0, 0.05) is 18.3 Å². The average molecular weight is 549 g/mol. The number of para-hydroxylation sites is 1. The Balaban J connectivity index is 0.00000363. The fraction of sp³-hybridized carbons (Fsp3) is 0.444. The van der Waals surface area contributed by atoms with Gasteiger partial charge >= 0.3 is 5.97 Å². The van der Waals surface area contributed by atoms with E-state index in [1.165, 1.54) is 42.3 Å². The Hall–Kier alpha value is -1.86. The molecule has 2 aromatic carbocycles. The number of benzene rings is 2. The van der Waals surface area contributed by atoms with E-state index in [0.29, 0.717) is 13.0 Å². The van der Waals surface area contributed by atoms with Crippen LogP contribution < -0.4 is 28.5 Å². The lowest BCUT2D eigenvalue weighted by atomic mass is 10.1. The van der Waals surface area contributed by atoms with Gasteiger partial charge in [-0.3, -0.25) is 9.28 Å². The van der Waals surface area contributed by atoms with Crippen LogP contribution in [-0.2, 0) is 22.5 Å². The van der Waals surface area contributed by atoms with Crippen LogP contribution in [-0.4, -0.2) is 38.3 Å². The zero-order chi connectivity index (χ0) is 22.1. The highest BCUT2D eigenvalue weighted by molar-refractivity contribution is 5.79. The highest BCUT2D eigenvalue weighted by Gasteiger charge is 2.12. The molecule has 0 fully saturated rings. The summed E-state index contributed by atoms with van der Waals surface area (Å²) in [4.78, 5) is 12.0. The number of aryl methyl sites for hydroxylation is 1. The molecular weight excluding hydrogens is 511 g/mol. The SMILES string of the molecule is C[N+](C)(C)c1ccc(CC(=O)OCCCCCCCCn2ccc3ccccc32)cc1.[I-]. The molecule has 0 bridgehead atoms. The number of nitrogens with zero attached hydrogens (tertiary/aromatic N) is 2. The maximum Gasteiger partial charge on any atom is 0.310 e. The van der Waals surface area contributed by atoms with Gasteiger partial charge < -0.3 is 33.3 Å². The highest BCUT2D eigenvalue weighted by Crippen LogP contribution is 2.18. The van der Waals surface area contributed by atoms with Crippen molar-refractivity contribution in [2.75, 3.05) is 27.7 Å². The summed E-state index contributed by atoms with van der Waals surface area (Å²) in [5.74, 6) is -0.128. The van der Waals surface area contributed by atoms with Crippen molar-refractivity contribution in [3.63, 3.8) is 0 Å². The van der Waals surface area contributed by atoms with Gasteiger partial charge in [-0.05, 0) is 48.1 Å². The minimum absolute atomic E-state index is 0. The number of ether oxygens (including phenoxy) is 1. The van der Waals surface area contributed by atoms with E-state index in [1.807, 2.05) is 12.1 Å². The lowest BCUT2D eigenvalue weighted by molar-refractivity contribution is -0.142. The van der Waals surface area contributed by atoms with Gasteiger partial charge in [0.25, 0.3) is 0 Å². The zero-order valence-electron chi connectivity index (χ0n) is 19.7. The smallest absolute Gasteiger partial charge is 0.310 e. The van der Waals surface area contributed by atoms with Gasteiger partial charge in [-0.15, -0.1) is 0 Å². The third-order valence-electron chi connectivity index (χ3n) is 5.80. The first-order chi connectivity index (χ1) is 14.9. The van der Waals surface area contributed by atoms with Crippen LogP contribution in [0.1, 0.15) is 44.1 Å². The van der Waals surface area contributed by atoms with Gasteiger partial charge in [-0.1, -0.05) is 56.0 Å². The number of quaternary nitrogens is 1. The minimum Gasteiger partial charge on any atom is -1.00 e. The summed E-state index contributed by atoms with van der Waals surface area (Å²) in [6, 6.07) is 19.0. The molecule has 0 aliphatic heterocycles. The summed E-state index contributed by atoms with van der Waals surface area (Å²) >= 11 is 0. The van der Waals surface area contributed by atoms with Gasteiger partial charge in [0.2, 0.25) is 0 Å². The van der Waals surface area contributed by atoms with Crippen LogP contribution in [0.15, 0.2) is 60.8 Å². The van der Waals surface area contributed by atoms with Crippen molar-refractivity contribution in [3.05, 3.63) is 66.4 Å².